The van der Waals surface area contributed by atoms with Crippen molar-refractivity contribution in [2.45, 2.75) is 13.5 Å². The van der Waals surface area contributed by atoms with Gasteiger partial charge in [-0.05, 0) is 40.5 Å². The van der Waals surface area contributed by atoms with E-state index in [2.05, 4.69) is 31.0 Å². The van der Waals surface area contributed by atoms with E-state index in [1.54, 1.807) is 23.0 Å². The fraction of sp³-hybridized carbons (Fsp3) is 0.118. The summed E-state index contributed by atoms with van der Waals surface area (Å²) in [5.41, 5.74) is 3.81. The lowest BCUT2D eigenvalue weighted by Gasteiger charge is -2.18. The number of benzene rings is 1. The van der Waals surface area contributed by atoms with Gasteiger partial charge in [0.25, 0.3) is 0 Å². The summed E-state index contributed by atoms with van der Waals surface area (Å²) >= 11 is 9.67. The van der Waals surface area contributed by atoms with E-state index in [-0.39, 0.29) is 0 Å². The van der Waals surface area contributed by atoms with Gasteiger partial charge in [0.15, 0.2) is 5.82 Å². The Bertz CT molecular complexity index is 967. The second-order valence-corrected chi connectivity index (χ2v) is 6.58. The lowest BCUT2D eigenvalue weighted by Crippen LogP contribution is -2.17. The summed E-state index contributed by atoms with van der Waals surface area (Å²) in [4.78, 5) is 9.00. The Balaban J connectivity index is 1.87. The van der Waals surface area contributed by atoms with Crippen LogP contribution >= 0.6 is 27.5 Å². The standard InChI is InChI=1S/C17H12BrClN4O/c1-10-4-2-5-11-9-24-17(21-15(10)11)13-8-14(18)22-23(13)16-12(19)6-3-7-20-16/h2-8H,9H2,1H3. The molecule has 1 aromatic carbocycles. The second-order valence-electron chi connectivity index (χ2n) is 5.36. The molecule has 120 valence electrons. The topological polar surface area (TPSA) is 52.3 Å². The van der Waals surface area contributed by atoms with Crippen LogP contribution < -0.4 is 0 Å². The zero-order valence-corrected chi connectivity index (χ0v) is 15.0. The van der Waals surface area contributed by atoms with Crippen LogP contribution in [0.5, 0.6) is 0 Å². The minimum absolute atomic E-state index is 0.467. The molecule has 1 aliphatic rings. The molecule has 0 N–H and O–H groups in total. The van der Waals surface area contributed by atoms with Crippen LogP contribution in [0.2, 0.25) is 5.02 Å². The summed E-state index contributed by atoms with van der Waals surface area (Å²) in [7, 11) is 0. The van der Waals surface area contributed by atoms with E-state index < -0.39 is 0 Å². The molecule has 3 aromatic rings. The lowest BCUT2D eigenvalue weighted by molar-refractivity contribution is 0.286. The first-order valence-corrected chi connectivity index (χ1v) is 8.47. The van der Waals surface area contributed by atoms with Crippen molar-refractivity contribution in [3.63, 3.8) is 0 Å². The van der Waals surface area contributed by atoms with Gasteiger partial charge in [0.05, 0.1) is 10.7 Å². The van der Waals surface area contributed by atoms with Crippen molar-refractivity contribution in [2.24, 2.45) is 4.99 Å². The van der Waals surface area contributed by atoms with Crippen LogP contribution in [0.1, 0.15) is 16.8 Å². The molecule has 0 fully saturated rings. The Morgan fingerprint density at radius 2 is 2.12 bits per heavy atom. The van der Waals surface area contributed by atoms with Gasteiger partial charge in [-0.25, -0.2) is 14.7 Å². The van der Waals surface area contributed by atoms with Crippen molar-refractivity contribution in [1.82, 2.24) is 14.8 Å². The van der Waals surface area contributed by atoms with E-state index in [4.69, 9.17) is 16.3 Å². The molecule has 5 nitrogen and oxygen atoms in total. The molecule has 0 saturated carbocycles. The number of halogens is 2. The molecule has 0 radical (unpaired) electrons. The first-order chi connectivity index (χ1) is 11.6. The molecule has 4 rings (SSSR count). The predicted molar refractivity (Wildman–Crippen MR) is 96.2 cm³/mol. The summed E-state index contributed by atoms with van der Waals surface area (Å²) in [6.45, 7) is 2.50. The SMILES string of the molecule is Cc1cccc2c1N=C(c1cc(Br)nn1-c1ncccc1Cl)OC2. The van der Waals surface area contributed by atoms with Gasteiger partial charge >= 0.3 is 0 Å². The average molecular weight is 404 g/mol. The molecule has 0 saturated heterocycles. The Kier molecular flexibility index (Phi) is 3.86. The number of ether oxygens (including phenoxy) is 1. The van der Waals surface area contributed by atoms with Crippen molar-refractivity contribution in [3.05, 3.63) is 69.0 Å². The van der Waals surface area contributed by atoms with Crippen LogP contribution in [0, 0.1) is 6.92 Å². The number of hydrogen-bond donors (Lipinski definition) is 0. The molecule has 0 atom stereocenters. The van der Waals surface area contributed by atoms with Gasteiger partial charge in [-0.3, -0.25) is 0 Å². The highest BCUT2D eigenvalue weighted by Crippen LogP contribution is 2.31. The maximum atomic E-state index is 6.27. The monoisotopic (exact) mass is 402 g/mol. The van der Waals surface area contributed by atoms with E-state index in [1.165, 1.54) is 0 Å². The van der Waals surface area contributed by atoms with E-state index >= 15 is 0 Å². The van der Waals surface area contributed by atoms with E-state index in [0.29, 0.717) is 33.6 Å². The maximum Gasteiger partial charge on any atom is 0.241 e. The molecule has 0 bridgehead atoms. The van der Waals surface area contributed by atoms with Crippen molar-refractivity contribution >= 4 is 39.1 Å². The first kappa shape index (κ1) is 15.4. The zero-order valence-electron chi connectivity index (χ0n) is 12.7. The first-order valence-electron chi connectivity index (χ1n) is 7.30. The summed E-state index contributed by atoms with van der Waals surface area (Å²) in [5.74, 6) is 1.03. The Morgan fingerprint density at radius 3 is 2.96 bits per heavy atom. The highest BCUT2D eigenvalue weighted by atomic mass is 79.9. The van der Waals surface area contributed by atoms with Crippen LogP contribution in [0.15, 0.2) is 52.2 Å². The zero-order chi connectivity index (χ0) is 16.7. The van der Waals surface area contributed by atoms with E-state index in [1.807, 2.05) is 31.2 Å². The number of nitrogens with zero attached hydrogens (tertiary/aromatic N) is 4. The van der Waals surface area contributed by atoms with Crippen molar-refractivity contribution in [2.75, 3.05) is 0 Å². The molecule has 7 heteroatoms. The van der Waals surface area contributed by atoms with E-state index in [9.17, 15) is 0 Å². The lowest BCUT2D eigenvalue weighted by atomic mass is 10.1. The minimum atomic E-state index is 0.467. The van der Waals surface area contributed by atoms with Crippen LogP contribution in [0.4, 0.5) is 5.69 Å². The van der Waals surface area contributed by atoms with Gasteiger partial charge in [-0.1, -0.05) is 29.8 Å². The van der Waals surface area contributed by atoms with Gasteiger partial charge < -0.3 is 4.74 Å². The molecule has 1 aliphatic heterocycles. The fourth-order valence-electron chi connectivity index (χ4n) is 2.61. The average Bonchev–Trinajstić information content (AvgIpc) is 2.97. The largest absolute Gasteiger partial charge is 0.471 e. The second kappa shape index (κ2) is 6.03. The number of hydrogen-bond acceptors (Lipinski definition) is 4. The third-order valence-electron chi connectivity index (χ3n) is 3.74. The number of pyridine rings is 1. The third kappa shape index (κ3) is 2.61. The Hall–Kier alpha value is -2.18. The summed E-state index contributed by atoms with van der Waals surface area (Å²) < 4.78 is 8.15. The molecular weight excluding hydrogens is 392 g/mol. The minimum Gasteiger partial charge on any atom is -0.471 e. The molecule has 24 heavy (non-hydrogen) atoms. The van der Waals surface area contributed by atoms with Gasteiger partial charge in [-0.2, -0.15) is 5.10 Å². The number of aryl methyl sites for hydroxylation is 1. The number of aromatic nitrogens is 3. The summed E-state index contributed by atoms with van der Waals surface area (Å²) in [6.07, 6.45) is 1.67. The summed E-state index contributed by atoms with van der Waals surface area (Å²) in [5, 5.41) is 4.92. The number of rotatable bonds is 2. The van der Waals surface area contributed by atoms with Crippen LogP contribution in [-0.2, 0) is 11.3 Å². The van der Waals surface area contributed by atoms with E-state index in [0.717, 1.165) is 16.8 Å². The van der Waals surface area contributed by atoms with Crippen molar-refractivity contribution in [1.29, 1.82) is 0 Å². The molecule has 0 unspecified atom stereocenters. The third-order valence-corrected chi connectivity index (χ3v) is 4.42. The van der Waals surface area contributed by atoms with Crippen LogP contribution in [0.25, 0.3) is 5.82 Å². The number of fused-ring (bicyclic) bond motifs is 1. The van der Waals surface area contributed by atoms with Crippen LogP contribution in [-0.4, -0.2) is 20.7 Å². The normalized spacial score (nSPS) is 13.2. The Labute approximate surface area is 152 Å². The number of para-hydroxylation sites is 1. The van der Waals surface area contributed by atoms with Gasteiger partial charge in [0, 0.05) is 17.8 Å². The predicted octanol–water partition coefficient (Wildman–Crippen LogP) is 4.60. The fourth-order valence-corrected chi connectivity index (χ4v) is 3.18. The van der Waals surface area contributed by atoms with Gasteiger partial charge in [0.1, 0.15) is 16.9 Å². The molecular formula is C17H12BrClN4O. The van der Waals surface area contributed by atoms with Gasteiger partial charge in [0.2, 0.25) is 5.90 Å². The van der Waals surface area contributed by atoms with Crippen LogP contribution in [0.3, 0.4) is 0 Å². The van der Waals surface area contributed by atoms with Crippen molar-refractivity contribution in [3.8, 4) is 5.82 Å². The summed E-state index contributed by atoms with van der Waals surface area (Å²) in [6, 6.07) is 11.4. The highest BCUT2D eigenvalue weighted by molar-refractivity contribution is 9.10. The Morgan fingerprint density at radius 1 is 1.25 bits per heavy atom. The molecule has 0 aliphatic carbocycles. The van der Waals surface area contributed by atoms with Crippen molar-refractivity contribution < 1.29 is 4.74 Å². The van der Waals surface area contributed by atoms with Gasteiger partial charge in [-0.15, -0.1) is 0 Å². The number of aliphatic imine (C=N–C) groups is 1. The molecule has 2 aromatic heterocycles. The quantitative estimate of drug-likeness (QED) is 0.628. The smallest absolute Gasteiger partial charge is 0.241 e. The molecule has 0 spiro atoms. The highest BCUT2D eigenvalue weighted by Gasteiger charge is 2.22. The molecule has 0 amide bonds. The molecule has 3 heterocycles. The maximum absolute atomic E-state index is 6.27.